The van der Waals surface area contributed by atoms with Crippen LogP contribution in [0.3, 0.4) is 0 Å². The molecule has 0 aliphatic carbocycles. The maximum absolute atomic E-state index is 12.6. The number of fused-ring (bicyclic) bond motifs is 1. The van der Waals surface area contributed by atoms with Gasteiger partial charge in [-0.2, -0.15) is 0 Å². The monoisotopic (exact) mass is 406 g/mol. The first-order valence-corrected chi connectivity index (χ1v) is 9.58. The summed E-state index contributed by atoms with van der Waals surface area (Å²) >= 11 is 5.97. The fraction of sp³-hybridized carbons (Fsp3) is 0.130. The minimum absolute atomic E-state index is 0.00684. The normalized spacial score (nSPS) is 12.9. The van der Waals surface area contributed by atoms with Crippen LogP contribution >= 0.6 is 11.6 Å². The smallest absolute Gasteiger partial charge is 0.265 e. The van der Waals surface area contributed by atoms with Gasteiger partial charge in [-0.25, -0.2) is 0 Å². The Hall–Kier alpha value is -3.31. The second kappa shape index (κ2) is 7.97. The molecule has 29 heavy (non-hydrogen) atoms. The number of benzene rings is 3. The van der Waals surface area contributed by atoms with Crippen molar-refractivity contribution in [3.8, 4) is 5.75 Å². The standard InChI is InChI=1S/C23H19ClN2O3/c1-15-5-2-3-6-17(15)13-26-20-12-19(9-10-21(20)29-14-22(26)27)25-23(28)16-7-4-8-18(24)11-16/h2-12H,13-14H2,1H3,(H,25,28). The lowest BCUT2D eigenvalue weighted by Crippen LogP contribution is -2.38. The van der Waals surface area contributed by atoms with E-state index in [0.717, 1.165) is 11.1 Å². The number of carbonyl (C=O) groups excluding carboxylic acids is 2. The van der Waals surface area contributed by atoms with Crippen LogP contribution in [0.5, 0.6) is 5.75 Å². The quantitative estimate of drug-likeness (QED) is 0.675. The first kappa shape index (κ1) is 19.0. The third kappa shape index (κ3) is 4.10. The van der Waals surface area contributed by atoms with E-state index in [1.807, 2.05) is 31.2 Å². The largest absolute Gasteiger partial charge is 0.482 e. The molecule has 2 amide bonds. The zero-order chi connectivity index (χ0) is 20.4. The van der Waals surface area contributed by atoms with Gasteiger partial charge in [0, 0.05) is 16.3 Å². The Labute approximate surface area is 173 Å². The Morgan fingerprint density at radius 1 is 1.10 bits per heavy atom. The van der Waals surface area contributed by atoms with Crippen LogP contribution in [0.1, 0.15) is 21.5 Å². The number of nitrogens with one attached hydrogen (secondary N) is 1. The van der Waals surface area contributed by atoms with Crippen molar-refractivity contribution in [3.05, 3.63) is 88.4 Å². The van der Waals surface area contributed by atoms with Crippen molar-refractivity contribution in [2.24, 2.45) is 0 Å². The first-order chi connectivity index (χ1) is 14.0. The molecule has 0 saturated carbocycles. The van der Waals surface area contributed by atoms with E-state index in [9.17, 15) is 9.59 Å². The van der Waals surface area contributed by atoms with Crippen LogP contribution in [-0.4, -0.2) is 18.4 Å². The predicted octanol–water partition coefficient (Wildman–Crippen LogP) is 4.83. The summed E-state index contributed by atoms with van der Waals surface area (Å²) in [6.07, 6.45) is 0. The summed E-state index contributed by atoms with van der Waals surface area (Å²) in [4.78, 5) is 26.8. The number of halogens is 1. The number of carbonyl (C=O) groups is 2. The van der Waals surface area contributed by atoms with Gasteiger partial charge in [0.1, 0.15) is 5.75 Å². The molecule has 0 fully saturated rings. The van der Waals surface area contributed by atoms with E-state index in [2.05, 4.69) is 5.32 Å². The summed E-state index contributed by atoms with van der Waals surface area (Å²) in [5.74, 6) is 0.207. The number of hydrogen-bond acceptors (Lipinski definition) is 3. The molecule has 3 aromatic rings. The van der Waals surface area contributed by atoms with E-state index in [1.165, 1.54) is 0 Å². The van der Waals surface area contributed by atoms with Gasteiger partial charge in [-0.15, -0.1) is 0 Å². The Morgan fingerprint density at radius 2 is 1.93 bits per heavy atom. The molecule has 1 aliphatic heterocycles. The summed E-state index contributed by atoms with van der Waals surface area (Å²) in [6, 6.07) is 19.9. The topological polar surface area (TPSA) is 58.6 Å². The molecule has 4 rings (SSSR count). The maximum Gasteiger partial charge on any atom is 0.265 e. The highest BCUT2D eigenvalue weighted by Crippen LogP contribution is 2.36. The van der Waals surface area contributed by atoms with Crippen molar-refractivity contribution >= 4 is 34.8 Å². The van der Waals surface area contributed by atoms with Crippen LogP contribution in [0.25, 0.3) is 0 Å². The molecule has 0 aromatic heterocycles. The summed E-state index contributed by atoms with van der Waals surface area (Å²) in [5, 5.41) is 3.35. The third-order valence-corrected chi connectivity index (χ3v) is 5.07. The fourth-order valence-corrected chi connectivity index (χ4v) is 3.43. The molecule has 146 valence electrons. The lowest BCUT2D eigenvalue weighted by Gasteiger charge is -2.30. The number of rotatable bonds is 4. The highest BCUT2D eigenvalue weighted by atomic mass is 35.5. The Kier molecular flexibility index (Phi) is 5.23. The number of aryl methyl sites for hydroxylation is 1. The molecule has 5 nitrogen and oxygen atoms in total. The first-order valence-electron chi connectivity index (χ1n) is 9.20. The van der Waals surface area contributed by atoms with Crippen LogP contribution in [0.4, 0.5) is 11.4 Å². The minimum atomic E-state index is -0.277. The van der Waals surface area contributed by atoms with Crippen LogP contribution in [0.2, 0.25) is 5.02 Å². The molecule has 1 N–H and O–H groups in total. The van der Waals surface area contributed by atoms with Crippen LogP contribution in [0.15, 0.2) is 66.7 Å². The van der Waals surface area contributed by atoms with Gasteiger partial charge in [0.15, 0.2) is 6.61 Å². The van der Waals surface area contributed by atoms with E-state index in [4.69, 9.17) is 16.3 Å². The van der Waals surface area contributed by atoms with Gasteiger partial charge in [0.25, 0.3) is 11.8 Å². The zero-order valence-electron chi connectivity index (χ0n) is 15.8. The number of hydrogen-bond donors (Lipinski definition) is 1. The zero-order valence-corrected chi connectivity index (χ0v) is 16.6. The van der Waals surface area contributed by atoms with Crippen molar-refractivity contribution in [2.45, 2.75) is 13.5 Å². The third-order valence-electron chi connectivity index (χ3n) is 4.84. The van der Waals surface area contributed by atoms with Crippen molar-refractivity contribution < 1.29 is 14.3 Å². The predicted molar refractivity (Wildman–Crippen MR) is 114 cm³/mol. The van der Waals surface area contributed by atoms with Crippen LogP contribution in [-0.2, 0) is 11.3 Å². The van der Waals surface area contributed by atoms with E-state index in [-0.39, 0.29) is 18.4 Å². The van der Waals surface area contributed by atoms with E-state index >= 15 is 0 Å². The molecule has 0 unspecified atom stereocenters. The lowest BCUT2D eigenvalue weighted by molar-refractivity contribution is -0.121. The van der Waals surface area contributed by atoms with Gasteiger partial charge in [0.05, 0.1) is 12.2 Å². The van der Waals surface area contributed by atoms with Crippen molar-refractivity contribution in [1.82, 2.24) is 0 Å². The van der Waals surface area contributed by atoms with Crippen LogP contribution in [0, 0.1) is 6.92 Å². The molecule has 0 saturated heterocycles. The Bertz CT molecular complexity index is 1100. The van der Waals surface area contributed by atoms with Gasteiger partial charge >= 0.3 is 0 Å². The number of amides is 2. The molecule has 0 bridgehead atoms. The molecule has 3 aromatic carbocycles. The summed E-state index contributed by atoms with van der Waals surface area (Å²) in [6.45, 7) is 2.45. The van der Waals surface area contributed by atoms with Gasteiger partial charge in [-0.05, 0) is 54.4 Å². The highest BCUT2D eigenvalue weighted by molar-refractivity contribution is 6.31. The number of ether oxygens (including phenoxy) is 1. The minimum Gasteiger partial charge on any atom is -0.482 e. The molecule has 1 heterocycles. The molecular weight excluding hydrogens is 388 g/mol. The fourth-order valence-electron chi connectivity index (χ4n) is 3.24. The summed E-state index contributed by atoms with van der Waals surface area (Å²) in [7, 11) is 0. The van der Waals surface area contributed by atoms with Crippen LogP contribution < -0.4 is 15.0 Å². The molecule has 0 spiro atoms. The molecular formula is C23H19ClN2O3. The summed E-state index contributed by atoms with van der Waals surface area (Å²) in [5.41, 5.74) is 3.83. The van der Waals surface area contributed by atoms with Crippen molar-refractivity contribution in [1.29, 1.82) is 0 Å². The molecule has 1 aliphatic rings. The number of nitrogens with zero attached hydrogens (tertiary/aromatic N) is 1. The van der Waals surface area contributed by atoms with E-state index in [1.54, 1.807) is 47.4 Å². The van der Waals surface area contributed by atoms with Gasteiger partial charge < -0.3 is 15.0 Å². The van der Waals surface area contributed by atoms with Gasteiger partial charge in [-0.1, -0.05) is 41.9 Å². The second-order valence-electron chi connectivity index (χ2n) is 6.84. The lowest BCUT2D eigenvalue weighted by atomic mass is 10.1. The van der Waals surface area contributed by atoms with Gasteiger partial charge in [-0.3, -0.25) is 9.59 Å². The molecule has 6 heteroatoms. The van der Waals surface area contributed by atoms with E-state index in [0.29, 0.717) is 34.3 Å². The average Bonchev–Trinajstić information content (AvgIpc) is 2.71. The molecule has 0 radical (unpaired) electrons. The Morgan fingerprint density at radius 3 is 2.72 bits per heavy atom. The maximum atomic E-state index is 12.6. The Balaban J connectivity index is 1.62. The highest BCUT2D eigenvalue weighted by Gasteiger charge is 2.26. The van der Waals surface area contributed by atoms with Crippen molar-refractivity contribution in [3.63, 3.8) is 0 Å². The SMILES string of the molecule is Cc1ccccc1CN1C(=O)COc2ccc(NC(=O)c3cccc(Cl)c3)cc21. The number of anilines is 2. The van der Waals surface area contributed by atoms with E-state index < -0.39 is 0 Å². The van der Waals surface area contributed by atoms with Gasteiger partial charge in [0.2, 0.25) is 0 Å². The average molecular weight is 407 g/mol. The van der Waals surface area contributed by atoms with Crippen molar-refractivity contribution in [2.75, 3.05) is 16.8 Å². The summed E-state index contributed by atoms with van der Waals surface area (Å²) < 4.78 is 5.57. The second-order valence-corrected chi connectivity index (χ2v) is 7.28. The molecule has 0 atom stereocenters.